The van der Waals surface area contributed by atoms with Crippen molar-refractivity contribution in [2.24, 2.45) is 0 Å². The van der Waals surface area contributed by atoms with Gasteiger partial charge in [0.15, 0.2) is 0 Å². The maximum absolute atomic E-state index is 12.4. The monoisotopic (exact) mass is 372 g/mol. The smallest absolute Gasteiger partial charge is 0.326 e. The molecule has 1 atom stereocenters. The van der Waals surface area contributed by atoms with Crippen LogP contribution in [-0.2, 0) is 14.8 Å². The molecule has 0 spiro atoms. The number of benzene rings is 1. The van der Waals surface area contributed by atoms with Gasteiger partial charge in [-0.15, -0.1) is 0 Å². The highest BCUT2D eigenvalue weighted by molar-refractivity contribution is 7.89. The van der Waals surface area contributed by atoms with Gasteiger partial charge in [0.25, 0.3) is 5.91 Å². The number of ether oxygens (including phenoxy) is 1. The van der Waals surface area contributed by atoms with Crippen molar-refractivity contribution < 1.29 is 27.9 Å². The van der Waals surface area contributed by atoms with Gasteiger partial charge in [0.1, 0.15) is 16.7 Å². The van der Waals surface area contributed by atoms with Crippen LogP contribution in [-0.4, -0.2) is 44.6 Å². The topological polar surface area (TPSA) is 122 Å². The Morgan fingerprint density at radius 1 is 1.28 bits per heavy atom. The van der Waals surface area contributed by atoms with Crippen molar-refractivity contribution in [1.82, 2.24) is 10.0 Å². The second-order valence-corrected chi connectivity index (χ2v) is 7.48. The van der Waals surface area contributed by atoms with Crippen LogP contribution in [0.2, 0.25) is 0 Å². The van der Waals surface area contributed by atoms with Gasteiger partial charge in [0.2, 0.25) is 10.0 Å². The molecular formula is C16H24N2O6S. The lowest BCUT2D eigenvalue weighted by atomic mass is 10.1. The maximum Gasteiger partial charge on any atom is 0.326 e. The summed E-state index contributed by atoms with van der Waals surface area (Å²) in [6, 6.07) is 2.54. The predicted molar refractivity (Wildman–Crippen MR) is 92.2 cm³/mol. The molecule has 3 N–H and O–H groups in total. The largest absolute Gasteiger partial charge is 0.495 e. The van der Waals surface area contributed by atoms with Crippen molar-refractivity contribution in [1.29, 1.82) is 0 Å². The summed E-state index contributed by atoms with van der Waals surface area (Å²) < 4.78 is 32.3. The van der Waals surface area contributed by atoms with E-state index in [0.29, 0.717) is 6.42 Å². The first-order valence-corrected chi connectivity index (χ1v) is 9.34. The van der Waals surface area contributed by atoms with Crippen molar-refractivity contribution in [2.75, 3.05) is 7.11 Å². The van der Waals surface area contributed by atoms with Crippen molar-refractivity contribution in [3.8, 4) is 5.75 Å². The zero-order valence-corrected chi connectivity index (χ0v) is 15.5. The summed E-state index contributed by atoms with van der Waals surface area (Å²) >= 11 is 0. The highest BCUT2D eigenvalue weighted by Gasteiger charge is 2.24. The predicted octanol–water partition coefficient (Wildman–Crippen LogP) is 1.36. The highest BCUT2D eigenvalue weighted by Crippen LogP contribution is 2.25. The van der Waals surface area contributed by atoms with Crippen molar-refractivity contribution >= 4 is 21.9 Å². The Morgan fingerprint density at radius 3 is 2.40 bits per heavy atom. The molecule has 8 nitrogen and oxygen atoms in total. The average Bonchev–Trinajstić information content (AvgIpc) is 2.52. The van der Waals surface area contributed by atoms with E-state index >= 15 is 0 Å². The zero-order chi connectivity index (χ0) is 19.2. The minimum atomic E-state index is -3.88. The van der Waals surface area contributed by atoms with Gasteiger partial charge in [-0.1, -0.05) is 13.3 Å². The normalized spacial score (nSPS) is 12.7. The highest BCUT2D eigenvalue weighted by atomic mass is 32.2. The van der Waals surface area contributed by atoms with E-state index in [1.54, 1.807) is 20.8 Å². The molecule has 0 heterocycles. The minimum Gasteiger partial charge on any atom is -0.495 e. The Balaban J connectivity index is 3.20. The van der Waals surface area contributed by atoms with Crippen LogP contribution in [0.15, 0.2) is 23.1 Å². The van der Waals surface area contributed by atoms with Gasteiger partial charge in [-0.25, -0.2) is 17.9 Å². The van der Waals surface area contributed by atoms with E-state index in [1.165, 1.54) is 25.3 Å². The molecule has 1 unspecified atom stereocenters. The molecule has 0 bridgehead atoms. The lowest BCUT2D eigenvalue weighted by molar-refractivity contribution is -0.139. The molecule has 1 aromatic rings. The van der Waals surface area contributed by atoms with Crippen LogP contribution in [0.25, 0.3) is 0 Å². The molecule has 25 heavy (non-hydrogen) atoms. The molecule has 1 rings (SSSR count). The Hall–Kier alpha value is -2.13. The van der Waals surface area contributed by atoms with Gasteiger partial charge < -0.3 is 15.2 Å². The number of hydrogen-bond acceptors (Lipinski definition) is 5. The first kappa shape index (κ1) is 20.9. The number of methoxy groups -OCH3 is 1. The first-order valence-electron chi connectivity index (χ1n) is 7.86. The first-order chi connectivity index (χ1) is 11.6. The maximum atomic E-state index is 12.4. The van der Waals surface area contributed by atoms with Crippen molar-refractivity contribution in [3.63, 3.8) is 0 Å². The molecule has 0 fully saturated rings. The molecule has 1 aromatic carbocycles. The van der Waals surface area contributed by atoms with E-state index in [1.807, 2.05) is 0 Å². The fourth-order valence-corrected chi connectivity index (χ4v) is 3.64. The van der Waals surface area contributed by atoms with Gasteiger partial charge in [-0.3, -0.25) is 4.79 Å². The second-order valence-electron chi connectivity index (χ2n) is 5.79. The lowest BCUT2D eigenvalue weighted by Gasteiger charge is -2.16. The molecular weight excluding hydrogens is 348 g/mol. The fourth-order valence-electron chi connectivity index (χ4n) is 2.19. The van der Waals surface area contributed by atoms with E-state index < -0.39 is 27.9 Å². The molecule has 9 heteroatoms. The Kier molecular flexibility index (Phi) is 7.38. The number of amides is 1. The molecule has 0 saturated carbocycles. The number of sulfonamides is 1. The fraction of sp³-hybridized carbons (Fsp3) is 0.500. The van der Waals surface area contributed by atoms with Crippen molar-refractivity contribution in [2.45, 2.75) is 50.6 Å². The van der Waals surface area contributed by atoms with E-state index in [9.17, 15) is 18.0 Å². The molecule has 0 radical (unpaired) electrons. The summed E-state index contributed by atoms with van der Waals surface area (Å²) in [6.45, 7) is 5.14. The van der Waals surface area contributed by atoms with Crippen LogP contribution in [0.4, 0.5) is 0 Å². The number of carboxylic acid groups (broad SMARTS) is 1. The van der Waals surface area contributed by atoms with Gasteiger partial charge >= 0.3 is 5.97 Å². The van der Waals surface area contributed by atoms with Gasteiger partial charge in [-0.2, -0.15) is 0 Å². The van der Waals surface area contributed by atoms with Crippen LogP contribution in [0.1, 0.15) is 44.0 Å². The van der Waals surface area contributed by atoms with Gasteiger partial charge in [-0.05, 0) is 38.5 Å². The third-order valence-electron chi connectivity index (χ3n) is 3.29. The summed E-state index contributed by atoms with van der Waals surface area (Å²) in [6.07, 6.45) is 0.856. The standard InChI is InChI=1S/C16H24N2O6S/c1-5-6-12(16(20)21)17-15(19)11-7-8-13(24-4)14(9-11)25(22,23)18-10(2)3/h7-10,12,18H,5-6H2,1-4H3,(H,17,19)(H,20,21). The summed E-state index contributed by atoms with van der Waals surface area (Å²) in [7, 11) is -2.56. The molecule has 0 aliphatic carbocycles. The quantitative estimate of drug-likeness (QED) is 0.602. The SMILES string of the molecule is CCCC(NC(=O)c1ccc(OC)c(S(=O)(=O)NC(C)C)c1)C(=O)O. The molecule has 0 aromatic heterocycles. The summed E-state index contributed by atoms with van der Waals surface area (Å²) in [4.78, 5) is 23.3. The van der Waals surface area contributed by atoms with E-state index in [0.717, 1.165) is 0 Å². The number of carbonyl (C=O) groups is 2. The molecule has 0 aliphatic rings. The number of carboxylic acids is 1. The minimum absolute atomic E-state index is 0.0345. The summed E-state index contributed by atoms with van der Waals surface area (Å²) in [5.74, 6) is -1.71. The van der Waals surface area contributed by atoms with Crippen LogP contribution in [0, 0.1) is 0 Å². The van der Waals surface area contributed by atoms with Gasteiger partial charge in [0, 0.05) is 11.6 Å². The number of rotatable bonds is 9. The van der Waals surface area contributed by atoms with E-state index in [-0.39, 0.29) is 28.7 Å². The van der Waals surface area contributed by atoms with Crippen LogP contribution in [0.3, 0.4) is 0 Å². The van der Waals surface area contributed by atoms with Crippen LogP contribution in [0.5, 0.6) is 5.75 Å². The summed E-state index contributed by atoms with van der Waals surface area (Å²) in [5, 5.41) is 11.5. The number of nitrogens with one attached hydrogen (secondary N) is 2. The number of hydrogen-bond donors (Lipinski definition) is 3. The second kappa shape index (κ2) is 8.82. The van der Waals surface area contributed by atoms with E-state index in [2.05, 4.69) is 10.0 Å². The van der Waals surface area contributed by atoms with Crippen LogP contribution >= 0.6 is 0 Å². The Morgan fingerprint density at radius 2 is 1.92 bits per heavy atom. The average molecular weight is 372 g/mol. The molecule has 1 amide bonds. The van der Waals surface area contributed by atoms with Gasteiger partial charge in [0.05, 0.1) is 7.11 Å². The molecule has 140 valence electrons. The van der Waals surface area contributed by atoms with E-state index in [4.69, 9.17) is 9.84 Å². The Labute approximate surface area is 147 Å². The lowest BCUT2D eigenvalue weighted by Crippen LogP contribution is -2.40. The number of aliphatic carboxylic acids is 1. The third kappa shape index (κ3) is 5.71. The van der Waals surface area contributed by atoms with Crippen LogP contribution < -0.4 is 14.8 Å². The zero-order valence-electron chi connectivity index (χ0n) is 14.7. The molecule has 0 aliphatic heterocycles. The number of carbonyl (C=O) groups excluding carboxylic acids is 1. The van der Waals surface area contributed by atoms with Crippen molar-refractivity contribution in [3.05, 3.63) is 23.8 Å². The Bertz CT molecular complexity index is 730. The summed E-state index contributed by atoms with van der Waals surface area (Å²) in [5.41, 5.74) is 0.0345. The third-order valence-corrected chi connectivity index (χ3v) is 4.97. The molecule has 0 saturated heterocycles.